The molecule has 0 unspecified atom stereocenters. The van der Waals surface area contributed by atoms with E-state index >= 15 is 4.39 Å². The molecule has 0 saturated carbocycles. The number of nitro groups is 1. The summed E-state index contributed by atoms with van der Waals surface area (Å²) in [6, 6.07) is 31.5. The number of benzene rings is 4. The lowest BCUT2D eigenvalue weighted by Crippen LogP contribution is -2.39. The smallest absolute Gasteiger partial charge is 0.273 e. The van der Waals surface area contributed by atoms with Gasteiger partial charge in [0.05, 0.1) is 34.3 Å². The molecule has 214 valence electrons. The summed E-state index contributed by atoms with van der Waals surface area (Å²) in [6.45, 7) is 5.99. The zero-order valence-corrected chi connectivity index (χ0v) is 23.8. The van der Waals surface area contributed by atoms with Gasteiger partial charge in [0.25, 0.3) is 5.69 Å². The molecule has 6 rings (SSSR count). The molecular weight excluding hydrogens is 545 g/mol. The lowest BCUT2D eigenvalue weighted by molar-refractivity contribution is -0.385. The van der Waals surface area contributed by atoms with E-state index in [4.69, 9.17) is 5.10 Å². The minimum absolute atomic E-state index is 0.0239. The van der Waals surface area contributed by atoms with Gasteiger partial charge in [-0.25, -0.2) is 9.37 Å². The zero-order chi connectivity index (χ0) is 30.2. The molecule has 0 fully saturated rings. The van der Waals surface area contributed by atoms with E-state index in [0.717, 1.165) is 28.5 Å². The van der Waals surface area contributed by atoms with Crippen molar-refractivity contribution in [2.45, 2.75) is 31.7 Å². The number of non-ortho nitro benzene ring substituents is 1. The van der Waals surface area contributed by atoms with Crippen LogP contribution in [-0.4, -0.2) is 34.7 Å². The lowest BCUT2D eigenvalue weighted by Gasteiger charge is -2.34. The fraction of sp³-hybridized carbons (Fsp3) is 0.152. The van der Waals surface area contributed by atoms with Crippen LogP contribution < -0.4 is 0 Å². The molecule has 43 heavy (non-hydrogen) atoms. The van der Waals surface area contributed by atoms with Crippen LogP contribution in [-0.2, 0) is 11.0 Å². The Labute approximate surface area is 247 Å². The summed E-state index contributed by atoms with van der Waals surface area (Å²) in [5.41, 5.74) is 1.68. The molecule has 2 heterocycles. The van der Waals surface area contributed by atoms with Gasteiger partial charge in [0.1, 0.15) is 0 Å². The predicted octanol–water partition coefficient (Wildman–Crippen LogP) is 6.71. The van der Waals surface area contributed by atoms with Crippen molar-refractivity contribution in [3.8, 4) is 17.1 Å². The third-order valence-electron chi connectivity index (χ3n) is 7.40. The summed E-state index contributed by atoms with van der Waals surface area (Å²) in [7, 11) is 0. The van der Waals surface area contributed by atoms with E-state index in [2.05, 4.69) is 15.3 Å². The number of hydrogen-bond donors (Lipinski definition) is 0. The van der Waals surface area contributed by atoms with Crippen molar-refractivity contribution in [1.29, 1.82) is 0 Å². The Morgan fingerprint density at radius 3 is 1.81 bits per heavy atom. The van der Waals surface area contributed by atoms with Crippen LogP contribution in [0.15, 0.2) is 116 Å². The van der Waals surface area contributed by atoms with Crippen LogP contribution in [0.25, 0.3) is 17.1 Å². The molecule has 0 spiro atoms. The highest BCUT2D eigenvalue weighted by Crippen LogP contribution is 2.40. The largest absolute Gasteiger partial charge is 0.302 e. The van der Waals surface area contributed by atoms with Crippen LogP contribution >= 0.6 is 0 Å². The monoisotopic (exact) mass is 573 g/mol. The molecule has 0 aliphatic heterocycles. The number of rotatable bonds is 7. The molecular formula is C33H28FN7O2. The van der Waals surface area contributed by atoms with Crippen LogP contribution in [0.5, 0.6) is 0 Å². The Morgan fingerprint density at radius 2 is 1.35 bits per heavy atom. The minimum Gasteiger partial charge on any atom is -0.302 e. The van der Waals surface area contributed by atoms with Crippen LogP contribution in [0.1, 0.15) is 43.2 Å². The third-order valence-corrected chi connectivity index (χ3v) is 7.40. The van der Waals surface area contributed by atoms with Gasteiger partial charge in [-0.2, -0.15) is 0 Å². The second-order valence-corrected chi connectivity index (χ2v) is 11.2. The van der Waals surface area contributed by atoms with Gasteiger partial charge in [0.2, 0.25) is 5.82 Å². The molecule has 9 nitrogen and oxygen atoms in total. The van der Waals surface area contributed by atoms with Crippen LogP contribution in [0.2, 0.25) is 0 Å². The quantitative estimate of drug-likeness (QED) is 0.119. The summed E-state index contributed by atoms with van der Waals surface area (Å²) in [5, 5.41) is 25.5. The number of nitro benzene ring substituents is 1. The molecule has 0 atom stereocenters. The Morgan fingerprint density at radius 1 is 0.814 bits per heavy atom. The molecule has 0 bridgehead atoms. The maximum Gasteiger partial charge on any atom is 0.273 e. The molecule has 0 amide bonds. The number of aromatic nitrogens is 6. The normalized spacial score (nSPS) is 11.9. The summed E-state index contributed by atoms with van der Waals surface area (Å²) in [6.07, 6.45) is 3.20. The molecule has 10 heteroatoms. The highest BCUT2D eigenvalue weighted by atomic mass is 19.1. The maximum atomic E-state index is 15.7. The molecule has 0 aliphatic rings. The van der Waals surface area contributed by atoms with Gasteiger partial charge >= 0.3 is 0 Å². The van der Waals surface area contributed by atoms with E-state index in [1.807, 2.05) is 112 Å². The van der Waals surface area contributed by atoms with Crippen molar-refractivity contribution in [2.75, 3.05) is 0 Å². The minimum atomic E-state index is -1.07. The first-order valence-corrected chi connectivity index (χ1v) is 13.7. The highest BCUT2D eigenvalue weighted by Gasteiger charge is 2.41. The number of halogens is 1. The predicted molar refractivity (Wildman–Crippen MR) is 160 cm³/mol. The van der Waals surface area contributed by atoms with Gasteiger partial charge in [-0.15, -0.1) is 15.0 Å². The molecule has 6 aromatic rings. The second-order valence-electron chi connectivity index (χ2n) is 11.2. The van der Waals surface area contributed by atoms with Gasteiger partial charge < -0.3 is 4.57 Å². The fourth-order valence-corrected chi connectivity index (χ4v) is 5.30. The van der Waals surface area contributed by atoms with E-state index in [9.17, 15) is 10.1 Å². The van der Waals surface area contributed by atoms with Gasteiger partial charge in [-0.05, 0) is 21.9 Å². The number of imidazole rings is 1. The van der Waals surface area contributed by atoms with Crippen molar-refractivity contribution in [1.82, 2.24) is 29.8 Å². The van der Waals surface area contributed by atoms with Crippen LogP contribution in [0.4, 0.5) is 10.1 Å². The fourth-order valence-electron chi connectivity index (χ4n) is 5.30. The van der Waals surface area contributed by atoms with Crippen molar-refractivity contribution in [2.24, 2.45) is 0 Å². The second kappa shape index (κ2) is 10.7. The number of nitrogens with zero attached hydrogens (tertiary/aromatic N) is 7. The zero-order valence-electron chi connectivity index (χ0n) is 23.8. The van der Waals surface area contributed by atoms with Gasteiger partial charge in [-0.3, -0.25) is 10.1 Å². The van der Waals surface area contributed by atoms with E-state index in [1.165, 1.54) is 21.8 Å². The number of hydrogen-bond acceptors (Lipinski definition) is 6. The van der Waals surface area contributed by atoms with Crippen molar-refractivity contribution in [3.63, 3.8) is 0 Å². The first-order valence-electron chi connectivity index (χ1n) is 13.7. The number of tetrazole rings is 1. The maximum absolute atomic E-state index is 15.7. The Balaban J connectivity index is 1.63. The molecule has 0 saturated heterocycles. The first-order chi connectivity index (χ1) is 20.7. The van der Waals surface area contributed by atoms with E-state index in [1.54, 1.807) is 6.20 Å². The molecule has 0 aliphatic carbocycles. The van der Waals surface area contributed by atoms with Gasteiger partial charge in [0, 0.05) is 17.7 Å². The summed E-state index contributed by atoms with van der Waals surface area (Å²) in [4.78, 5) is 17.1. The Hall–Kier alpha value is -5.51. The standard InChI is InChI=1S/C33H28FN7O2/c1-32(2,3)29-21-39(22-35-29)30-27(19-26(40(42)43)20-28(30)34)31-36-38-41(37-31)33(23-13-7-4-8-14-23,24-15-9-5-10-16-24)25-17-11-6-12-18-25/h4-22H,1-3H3. The van der Waals surface area contributed by atoms with E-state index < -0.39 is 22.0 Å². The molecule has 0 radical (unpaired) electrons. The van der Waals surface area contributed by atoms with Crippen molar-refractivity contribution >= 4 is 5.69 Å². The van der Waals surface area contributed by atoms with E-state index in [0.29, 0.717) is 0 Å². The first kappa shape index (κ1) is 27.6. The van der Waals surface area contributed by atoms with E-state index in [-0.39, 0.29) is 22.5 Å². The molecule has 4 aromatic carbocycles. The summed E-state index contributed by atoms with van der Waals surface area (Å²) in [5.74, 6) is -0.783. The molecule has 0 N–H and O–H groups in total. The van der Waals surface area contributed by atoms with Crippen molar-refractivity contribution in [3.05, 3.63) is 154 Å². The summed E-state index contributed by atoms with van der Waals surface area (Å²) >= 11 is 0. The van der Waals surface area contributed by atoms with Crippen LogP contribution in [0.3, 0.4) is 0 Å². The lowest BCUT2D eigenvalue weighted by atomic mass is 9.77. The highest BCUT2D eigenvalue weighted by molar-refractivity contribution is 5.71. The average Bonchev–Trinajstić information content (AvgIpc) is 3.70. The summed E-state index contributed by atoms with van der Waals surface area (Å²) < 4.78 is 17.3. The van der Waals surface area contributed by atoms with Gasteiger partial charge in [-0.1, -0.05) is 112 Å². The van der Waals surface area contributed by atoms with Gasteiger partial charge in [0.15, 0.2) is 11.4 Å². The van der Waals surface area contributed by atoms with Crippen molar-refractivity contribution < 1.29 is 9.31 Å². The SMILES string of the molecule is CC(C)(C)c1cn(-c2c(F)cc([N+](=O)[O-])cc2-c2nnn(C(c3ccccc3)(c3ccccc3)c3ccccc3)n2)cn1. The Bertz CT molecular complexity index is 1800. The average molecular weight is 574 g/mol. The van der Waals surface area contributed by atoms with Crippen LogP contribution in [0, 0.1) is 15.9 Å². The topological polar surface area (TPSA) is 105 Å². The molecule has 2 aromatic heterocycles. The third kappa shape index (κ3) is 4.86. The Kier molecular flexibility index (Phi) is 6.89.